The summed E-state index contributed by atoms with van der Waals surface area (Å²) in [4.78, 5) is 12.0. The van der Waals surface area contributed by atoms with Crippen LogP contribution in [0.25, 0.3) is 11.0 Å². The first-order chi connectivity index (χ1) is 13.1. The minimum absolute atomic E-state index is 0.0232. The van der Waals surface area contributed by atoms with Gasteiger partial charge in [0.2, 0.25) is 0 Å². The molecule has 0 saturated carbocycles. The molecule has 4 heteroatoms. The summed E-state index contributed by atoms with van der Waals surface area (Å²) < 4.78 is 11.1. The van der Waals surface area contributed by atoms with Crippen LogP contribution in [0.4, 0.5) is 0 Å². The zero-order valence-electron chi connectivity index (χ0n) is 15.4. The van der Waals surface area contributed by atoms with Crippen LogP contribution in [-0.4, -0.2) is 0 Å². The third-order valence-corrected chi connectivity index (χ3v) is 5.03. The van der Waals surface area contributed by atoms with Crippen molar-refractivity contribution in [3.63, 3.8) is 0 Å². The molecular weight excluding hydrogens is 338 g/mol. The number of hydrogen-bond acceptors (Lipinski definition) is 3. The number of quaternary nitrogens is 1. The molecule has 0 aliphatic rings. The topological polar surface area (TPSA) is 60.0 Å². The Morgan fingerprint density at radius 2 is 1.74 bits per heavy atom. The molecule has 2 heterocycles. The Hall–Kier alpha value is -3.11. The quantitative estimate of drug-likeness (QED) is 0.550. The number of fused-ring (bicyclic) bond motifs is 1. The normalized spacial score (nSPS) is 12.4. The molecule has 0 aliphatic carbocycles. The van der Waals surface area contributed by atoms with Gasteiger partial charge in [-0.15, -0.1) is 0 Å². The van der Waals surface area contributed by atoms with Gasteiger partial charge >= 0.3 is 5.63 Å². The second-order valence-electron chi connectivity index (χ2n) is 6.87. The van der Waals surface area contributed by atoms with Crippen molar-refractivity contribution in [2.75, 3.05) is 0 Å². The fraction of sp³-hybridized carbons (Fsp3) is 0.174. The molecule has 0 saturated heterocycles. The van der Waals surface area contributed by atoms with Gasteiger partial charge in [0.05, 0.1) is 6.26 Å². The molecule has 0 fully saturated rings. The van der Waals surface area contributed by atoms with E-state index in [2.05, 4.69) is 30.4 Å². The molecule has 4 rings (SSSR count). The zero-order chi connectivity index (χ0) is 18.8. The van der Waals surface area contributed by atoms with Crippen LogP contribution in [0.1, 0.15) is 34.1 Å². The Bertz CT molecular complexity index is 1110. The van der Waals surface area contributed by atoms with Crippen LogP contribution in [0.2, 0.25) is 0 Å². The van der Waals surface area contributed by atoms with E-state index < -0.39 is 0 Å². The van der Waals surface area contributed by atoms with Gasteiger partial charge < -0.3 is 14.2 Å². The minimum Gasteiger partial charge on any atom is -0.463 e. The molecule has 1 atom stereocenters. The second kappa shape index (κ2) is 7.25. The smallest absolute Gasteiger partial charge is 0.336 e. The van der Waals surface area contributed by atoms with Crippen molar-refractivity contribution in [2.45, 2.75) is 26.4 Å². The molecular formula is C23H22NO3+. The third kappa shape index (κ3) is 3.57. The molecule has 0 amide bonds. The molecule has 0 aliphatic heterocycles. The van der Waals surface area contributed by atoms with Gasteiger partial charge in [-0.05, 0) is 49.2 Å². The highest BCUT2D eigenvalue weighted by Gasteiger charge is 2.21. The van der Waals surface area contributed by atoms with Gasteiger partial charge in [0.15, 0.2) is 11.8 Å². The van der Waals surface area contributed by atoms with Gasteiger partial charge in [0.1, 0.15) is 12.1 Å². The first-order valence-corrected chi connectivity index (χ1v) is 9.07. The van der Waals surface area contributed by atoms with E-state index in [1.54, 1.807) is 12.3 Å². The Kier molecular flexibility index (Phi) is 4.65. The van der Waals surface area contributed by atoms with Crippen molar-refractivity contribution in [1.82, 2.24) is 0 Å². The number of nitrogens with two attached hydrogens (primary N) is 1. The lowest BCUT2D eigenvalue weighted by Crippen LogP contribution is -2.83. The van der Waals surface area contributed by atoms with Crippen molar-refractivity contribution in [1.29, 1.82) is 0 Å². The summed E-state index contributed by atoms with van der Waals surface area (Å²) in [7, 11) is 0. The van der Waals surface area contributed by atoms with Crippen molar-refractivity contribution < 1.29 is 14.2 Å². The third-order valence-electron chi connectivity index (χ3n) is 5.03. The van der Waals surface area contributed by atoms with Crippen LogP contribution in [0.3, 0.4) is 0 Å². The van der Waals surface area contributed by atoms with E-state index in [1.165, 1.54) is 5.56 Å². The predicted octanol–water partition coefficient (Wildman–Crippen LogP) is 3.86. The summed E-state index contributed by atoms with van der Waals surface area (Å²) in [6.07, 6.45) is 1.69. The Morgan fingerprint density at radius 1 is 0.963 bits per heavy atom. The van der Waals surface area contributed by atoms with Crippen LogP contribution < -0.4 is 10.9 Å². The van der Waals surface area contributed by atoms with E-state index in [9.17, 15) is 4.79 Å². The minimum atomic E-state index is -0.316. The molecule has 4 nitrogen and oxygen atoms in total. The maximum atomic E-state index is 12.0. The lowest BCUT2D eigenvalue weighted by molar-refractivity contribution is -0.704. The summed E-state index contributed by atoms with van der Waals surface area (Å²) in [5.74, 6) is 0.889. The number of benzene rings is 2. The molecule has 27 heavy (non-hydrogen) atoms. The highest BCUT2D eigenvalue weighted by atomic mass is 16.4. The fourth-order valence-corrected chi connectivity index (χ4v) is 3.44. The van der Waals surface area contributed by atoms with Crippen molar-refractivity contribution >= 4 is 11.0 Å². The molecule has 136 valence electrons. The van der Waals surface area contributed by atoms with E-state index in [-0.39, 0.29) is 11.7 Å². The summed E-state index contributed by atoms with van der Waals surface area (Å²) in [5.41, 5.74) is 4.75. The Labute approximate surface area is 157 Å². The number of rotatable bonds is 5. The predicted molar refractivity (Wildman–Crippen MR) is 105 cm³/mol. The van der Waals surface area contributed by atoms with Crippen LogP contribution in [-0.2, 0) is 6.54 Å². The molecule has 0 unspecified atom stereocenters. The lowest BCUT2D eigenvalue weighted by Gasteiger charge is -2.15. The van der Waals surface area contributed by atoms with Crippen molar-refractivity contribution in [3.05, 3.63) is 105 Å². The summed E-state index contributed by atoms with van der Waals surface area (Å²) in [6, 6.07) is 19.8. The molecule has 0 bridgehead atoms. The van der Waals surface area contributed by atoms with Crippen molar-refractivity contribution in [2.24, 2.45) is 0 Å². The highest BCUT2D eigenvalue weighted by Crippen LogP contribution is 2.22. The molecule has 2 N–H and O–H groups in total. The maximum Gasteiger partial charge on any atom is 0.336 e. The van der Waals surface area contributed by atoms with Gasteiger partial charge in [0.25, 0.3) is 0 Å². The molecule has 0 radical (unpaired) electrons. The lowest BCUT2D eigenvalue weighted by atomic mass is 10.0. The first-order valence-electron chi connectivity index (χ1n) is 9.07. The van der Waals surface area contributed by atoms with Crippen LogP contribution in [0.5, 0.6) is 0 Å². The molecule has 4 aromatic rings. The number of hydrogen-bond donors (Lipinski definition) is 1. The van der Waals surface area contributed by atoms with Crippen molar-refractivity contribution in [3.8, 4) is 0 Å². The second-order valence-corrected chi connectivity index (χ2v) is 6.87. The van der Waals surface area contributed by atoms with Crippen LogP contribution >= 0.6 is 0 Å². The zero-order valence-corrected chi connectivity index (χ0v) is 15.4. The summed E-state index contributed by atoms with van der Waals surface area (Å²) >= 11 is 0. The maximum absolute atomic E-state index is 12.0. The summed E-state index contributed by atoms with van der Waals surface area (Å²) in [5, 5.41) is 3.18. The highest BCUT2D eigenvalue weighted by molar-refractivity contribution is 5.81. The number of aryl methyl sites for hydroxylation is 2. The Balaban J connectivity index is 1.71. The molecule has 0 spiro atoms. The molecule has 2 aromatic carbocycles. The van der Waals surface area contributed by atoms with E-state index in [1.807, 2.05) is 43.3 Å². The summed E-state index contributed by atoms with van der Waals surface area (Å²) in [6.45, 7) is 4.74. The van der Waals surface area contributed by atoms with Gasteiger partial charge in [-0.2, -0.15) is 0 Å². The van der Waals surface area contributed by atoms with Gasteiger partial charge in [-0.1, -0.05) is 30.3 Å². The van der Waals surface area contributed by atoms with E-state index >= 15 is 0 Å². The fourth-order valence-electron chi connectivity index (χ4n) is 3.44. The number of furan rings is 1. The van der Waals surface area contributed by atoms with Gasteiger partial charge in [-0.3, -0.25) is 0 Å². The van der Waals surface area contributed by atoms with Crippen LogP contribution in [0, 0.1) is 13.8 Å². The van der Waals surface area contributed by atoms with E-state index in [4.69, 9.17) is 8.83 Å². The standard InChI is InChI=1S/C23H21NO3/c1-15-11-19-18(13-22(25)27-21(19)12-16(15)2)14-24-23(20-9-6-10-26-20)17-7-4-3-5-8-17/h3-13,23-24H,14H2,1-2H3/p+1/t23-/m1/s1. The van der Waals surface area contributed by atoms with Gasteiger partial charge in [-0.25, -0.2) is 4.79 Å². The van der Waals surface area contributed by atoms with E-state index in [0.717, 1.165) is 27.8 Å². The monoisotopic (exact) mass is 360 g/mol. The Morgan fingerprint density at radius 3 is 2.48 bits per heavy atom. The average molecular weight is 360 g/mol. The first kappa shape index (κ1) is 17.3. The average Bonchev–Trinajstić information content (AvgIpc) is 3.19. The molecule has 2 aromatic heterocycles. The SMILES string of the molecule is Cc1cc2oc(=O)cc(C[NH2+][C@H](c3ccccc3)c3ccco3)c2cc1C. The van der Waals surface area contributed by atoms with Crippen LogP contribution in [0.15, 0.2) is 80.6 Å². The van der Waals surface area contributed by atoms with Gasteiger partial charge in [0, 0.05) is 22.6 Å². The largest absolute Gasteiger partial charge is 0.463 e. The van der Waals surface area contributed by atoms with E-state index in [0.29, 0.717) is 12.1 Å².